The molecule has 2 heterocycles. The highest BCUT2D eigenvalue weighted by Gasteiger charge is 2.37. The van der Waals surface area contributed by atoms with E-state index in [9.17, 15) is 8.42 Å². The number of aryl methyl sites for hydroxylation is 1. The zero-order valence-electron chi connectivity index (χ0n) is 9.78. The first-order valence-corrected chi connectivity index (χ1v) is 7.96. The molecule has 1 unspecified atom stereocenters. The van der Waals surface area contributed by atoms with Crippen molar-refractivity contribution in [1.82, 2.24) is 5.32 Å². The van der Waals surface area contributed by atoms with Crippen LogP contribution in [0.2, 0.25) is 0 Å². The van der Waals surface area contributed by atoms with Crippen molar-refractivity contribution < 1.29 is 8.42 Å². The third-order valence-corrected chi connectivity index (χ3v) is 5.79. The van der Waals surface area contributed by atoms with Gasteiger partial charge in [0.1, 0.15) is 0 Å². The van der Waals surface area contributed by atoms with Crippen molar-refractivity contribution in [1.29, 1.82) is 0 Å². The Bertz CT molecular complexity index is 488. The number of hydrogen-bond acceptors (Lipinski definition) is 4. The highest BCUT2D eigenvalue weighted by atomic mass is 32.2. The van der Waals surface area contributed by atoms with Crippen LogP contribution in [0, 0.1) is 6.92 Å². The van der Waals surface area contributed by atoms with Gasteiger partial charge in [-0.25, -0.2) is 8.42 Å². The van der Waals surface area contributed by atoms with E-state index in [4.69, 9.17) is 0 Å². The molecule has 2 rings (SSSR count). The standard InChI is InChI=1S/C11H17NO2S2/c1-8-4-5-10(15-8)9-6-16(13,14)7-11(2,3)12-9/h4-5,9,12H,6-7H2,1-3H3. The van der Waals surface area contributed by atoms with E-state index in [0.717, 1.165) is 4.88 Å². The van der Waals surface area contributed by atoms with E-state index in [2.05, 4.69) is 5.32 Å². The Morgan fingerprint density at radius 1 is 1.44 bits per heavy atom. The number of sulfone groups is 1. The zero-order valence-corrected chi connectivity index (χ0v) is 11.4. The van der Waals surface area contributed by atoms with Crippen LogP contribution in [0.3, 0.4) is 0 Å². The molecule has 3 nitrogen and oxygen atoms in total. The zero-order chi connectivity index (χ0) is 12.0. The van der Waals surface area contributed by atoms with Gasteiger partial charge in [0.25, 0.3) is 0 Å². The van der Waals surface area contributed by atoms with Crippen LogP contribution in [-0.2, 0) is 9.84 Å². The predicted molar refractivity (Wildman–Crippen MR) is 67.7 cm³/mol. The van der Waals surface area contributed by atoms with Gasteiger partial charge in [0.05, 0.1) is 17.5 Å². The molecule has 5 heteroatoms. The average Bonchev–Trinajstić information content (AvgIpc) is 2.45. The molecule has 1 saturated heterocycles. The summed E-state index contributed by atoms with van der Waals surface area (Å²) in [5.41, 5.74) is -0.334. The van der Waals surface area contributed by atoms with Crippen LogP contribution < -0.4 is 5.32 Å². The summed E-state index contributed by atoms with van der Waals surface area (Å²) in [7, 11) is -2.93. The van der Waals surface area contributed by atoms with Crippen molar-refractivity contribution in [2.24, 2.45) is 0 Å². The Kier molecular flexibility index (Phi) is 2.88. The lowest BCUT2D eigenvalue weighted by Gasteiger charge is -2.36. The monoisotopic (exact) mass is 259 g/mol. The summed E-state index contributed by atoms with van der Waals surface area (Å²) >= 11 is 1.67. The SMILES string of the molecule is Cc1ccc(C2CS(=O)(=O)CC(C)(C)N2)s1. The van der Waals surface area contributed by atoms with Crippen LogP contribution in [0.1, 0.15) is 29.6 Å². The van der Waals surface area contributed by atoms with Crippen LogP contribution in [-0.4, -0.2) is 25.5 Å². The fourth-order valence-corrected chi connectivity index (χ4v) is 5.32. The summed E-state index contributed by atoms with van der Waals surface area (Å²) in [5, 5.41) is 3.41. The Morgan fingerprint density at radius 3 is 2.62 bits per heavy atom. The number of thiophene rings is 1. The summed E-state index contributed by atoms with van der Waals surface area (Å²) < 4.78 is 23.6. The van der Waals surface area contributed by atoms with Crippen molar-refractivity contribution in [3.05, 3.63) is 21.9 Å². The van der Waals surface area contributed by atoms with Gasteiger partial charge >= 0.3 is 0 Å². The van der Waals surface area contributed by atoms with Crippen molar-refractivity contribution in [2.45, 2.75) is 32.4 Å². The molecule has 0 saturated carbocycles. The minimum Gasteiger partial charge on any atom is -0.302 e. The Labute approximate surface area is 101 Å². The minimum atomic E-state index is -2.93. The van der Waals surface area contributed by atoms with Crippen molar-refractivity contribution in [3.63, 3.8) is 0 Å². The molecular formula is C11H17NO2S2. The molecule has 90 valence electrons. The van der Waals surface area contributed by atoms with E-state index in [-0.39, 0.29) is 23.1 Å². The van der Waals surface area contributed by atoms with Gasteiger partial charge in [-0.05, 0) is 32.9 Å². The van der Waals surface area contributed by atoms with E-state index < -0.39 is 9.84 Å². The molecule has 16 heavy (non-hydrogen) atoms. The first-order chi connectivity index (χ1) is 7.27. The smallest absolute Gasteiger partial charge is 0.153 e. The predicted octanol–water partition coefficient (Wildman–Crippen LogP) is 1.89. The van der Waals surface area contributed by atoms with Crippen LogP contribution in [0.5, 0.6) is 0 Å². The Morgan fingerprint density at radius 2 is 2.12 bits per heavy atom. The maximum atomic E-state index is 11.8. The lowest BCUT2D eigenvalue weighted by molar-refractivity contribution is 0.362. The fraction of sp³-hybridized carbons (Fsp3) is 0.636. The second kappa shape index (κ2) is 3.82. The second-order valence-corrected chi connectivity index (χ2v) is 8.51. The number of rotatable bonds is 1. The van der Waals surface area contributed by atoms with E-state index in [1.165, 1.54) is 4.88 Å². The number of nitrogens with one attached hydrogen (secondary N) is 1. The van der Waals surface area contributed by atoms with E-state index in [1.54, 1.807) is 11.3 Å². The molecule has 1 aliphatic heterocycles. The summed E-state index contributed by atoms with van der Waals surface area (Å²) in [6, 6.07) is 4.01. The van der Waals surface area contributed by atoms with Gasteiger partial charge in [0.15, 0.2) is 9.84 Å². The van der Waals surface area contributed by atoms with Crippen LogP contribution in [0.25, 0.3) is 0 Å². The summed E-state index contributed by atoms with van der Waals surface area (Å²) in [6.07, 6.45) is 0. The van der Waals surface area contributed by atoms with Gasteiger partial charge in [0.2, 0.25) is 0 Å². The largest absolute Gasteiger partial charge is 0.302 e. The maximum absolute atomic E-state index is 11.8. The molecule has 1 aliphatic rings. The normalized spacial score (nSPS) is 27.8. The van der Waals surface area contributed by atoms with Gasteiger partial charge in [-0.3, -0.25) is 0 Å². The lowest BCUT2D eigenvalue weighted by Crippen LogP contribution is -2.53. The van der Waals surface area contributed by atoms with Gasteiger partial charge in [-0.15, -0.1) is 11.3 Å². The fourth-order valence-electron chi connectivity index (χ4n) is 2.21. The molecule has 1 N–H and O–H groups in total. The van der Waals surface area contributed by atoms with Crippen molar-refractivity contribution in [2.75, 3.05) is 11.5 Å². The first kappa shape index (κ1) is 12.1. The molecule has 1 atom stereocenters. The molecule has 0 aromatic carbocycles. The van der Waals surface area contributed by atoms with E-state index in [0.29, 0.717) is 0 Å². The highest BCUT2D eigenvalue weighted by Crippen LogP contribution is 2.30. The third kappa shape index (κ3) is 2.64. The Balaban J connectivity index is 2.30. The van der Waals surface area contributed by atoms with Gasteiger partial charge in [-0.2, -0.15) is 0 Å². The molecule has 0 aliphatic carbocycles. The van der Waals surface area contributed by atoms with Crippen molar-refractivity contribution in [3.8, 4) is 0 Å². The van der Waals surface area contributed by atoms with E-state index in [1.807, 2.05) is 32.9 Å². The lowest BCUT2D eigenvalue weighted by atomic mass is 10.1. The molecule has 1 aromatic rings. The molecule has 0 amide bonds. The van der Waals surface area contributed by atoms with Crippen LogP contribution >= 0.6 is 11.3 Å². The molecule has 0 spiro atoms. The van der Waals surface area contributed by atoms with Gasteiger partial charge in [-0.1, -0.05) is 0 Å². The average molecular weight is 259 g/mol. The second-order valence-electron chi connectivity index (χ2n) is 5.08. The van der Waals surface area contributed by atoms with E-state index >= 15 is 0 Å². The molecule has 0 radical (unpaired) electrons. The quantitative estimate of drug-likeness (QED) is 0.838. The van der Waals surface area contributed by atoms with Gasteiger partial charge < -0.3 is 5.32 Å². The number of hydrogen-bond donors (Lipinski definition) is 1. The summed E-state index contributed by atoms with van der Waals surface area (Å²) in [5.74, 6) is 0.442. The molecule has 1 aromatic heterocycles. The third-order valence-electron chi connectivity index (χ3n) is 2.67. The molecule has 1 fully saturated rings. The minimum absolute atomic E-state index is 0.0487. The van der Waals surface area contributed by atoms with Crippen molar-refractivity contribution >= 4 is 21.2 Å². The highest BCUT2D eigenvalue weighted by molar-refractivity contribution is 7.91. The maximum Gasteiger partial charge on any atom is 0.153 e. The molecule has 0 bridgehead atoms. The molecular weight excluding hydrogens is 242 g/mol. The summed E-state index contributed by atoms with van der Waals surface area (Å²) in [6.45, 7) is 5.92. The Hall–Kier alpha value is -0.390. The van der Waals surface area contributed by atoms with Gasteiger partial charge in [0, 0.05) is 15.3 Å². The first-order valence-electron chi connectivity index (χ1n) is 5.32. The summed E-state index contributed by atoms with van der Waals surface area (Å²) in [4.78, 5) is 2.34. The van der Waals surface area contributed by atoms with Crippen LogP contribution in [0.15, 0.2) is 12.1 Å². The van der Waals surface area contributed by atoms with Crippen LogP contribution in [0.4, 0.5) is 0 Å². The topological polar surface area (TPSA) is 46.2 Å².